The number of allylic oxidation sites excluding steroid dienone is 8. The Morgan fingerprint density at radius 1 is 0.500 bits per heavy atom. The average Bonchev–Trinajstić information content (AvgIpc) is 3.08. The van der Waals surface area contributed by atoms with Crippen molar-refractivity contribution >= 4 is 0 Å². The second-order valence-corrected chi connectivity index (χ2v) is 13.8. The number of nitrogens with zero attached hydrogens (tertiary/aromatic N) is 1. The van der Waals surface area contributed by atoms with Crippen LogP contribution >= 0.6 is 0 Å². The summed E-state index contributed by atoms with van der Waals surface area (Å²) in [5.74, 6) is 0. The summed E-state index contributed by atoms with van der Waals surface area (Å²) >= 11 is 0. The van der Waals surface area contributed by atoms with Crippen molar-refractivity contribution in [2.45, 2.75) is 174 Å². The highest BCUT2D eigenvalue weighted by atomic mass is 16.5. The van der Waals surface area contributed by atoms with Gasteiger partial charge in [0.1, 0.15) is 0 Å². The van der Waals surface area contributed by atoms with E-state index in [0.717, 1.165) is 58.5 Å². The van der Waals surface area contributed by atoms with Crippen LogP contribution in [0, 0.1) is 0 Å². The minimum atomic E-state index is 0.0967. The first kappa shape index (κ1) is 46.8. The van der Waals surface area contributed by atoms with Crippen LogP contribution in [0.1, 0.15) is 168 Å². The normalized spacial score (nSPS) is 13.1. The van der Waals surface area contributed by atoms with E-state index in [4.69, 9.17) is 9.47 Å². The molecule has 0 bridgehead atoms. The van der Waals surface area contributed by atoms with Gasteiger partial charge in [0.05, 0.1) is 12.7 Å². The molecule has 0 rings (SSSR count). The third-order valence-corrected chi connectivity index (χ3v) is 8.63. The summed E-state index contributed by atoms with van der Waals surface area (Å²) < 4.78 is 12.3. The summed E-state index contributed by atoms with van der Waals surface area (Å²) in [6.45, 7) is 9.57. The molecule has 0 aromatic rings. The average molecular weight is 674 g/mol. The second kappa shape index (κ2) is 41.9. The molecule has 48 heavy (non-hydrogen) atoms. The number of hydrogen-bond acceptors (Lipinski definition) is 5. The Labute approximate surface area is 300 Å². The van der Waals surface area contributed by atoms with Gasteiger partial charge >= 0.3 is 0 Å². The third kappa shape index (κ3) is 40.9. The number of nitrogens with one attached hydrogen (secondary N) is 2. The van der Waals surface area contributed by atoms with Gasteiger partial charge in [0.15, 0.2) is 0 Å². The van der Waals surface area contributed by atoms with Crippen LogP contribution in [0.3, 0.4) is 0 Å². The minimum absolute atomic E-state index is 0.0967. The molecule has 0 fully saturated rings. The highest BCUT2D eigenvalue weighted by Crippen LogP contribution is 2.10. The first-order chi connectivity index (χ1) is 23.7. The van der Waals surface area contributed by atoms with Gasteiger partial charge in [-0.1, -0.05) is 140 Å². The van der Waals surface area contributed by atoms with E-state index in [0.29, 0.717) is 6.61 Å². The van der Waals surface area contributed by atoms with Crippen molar-refractivity contribution in [3.8, 4) is 0 Å². The van der Waals surface area contributed by atoms with Crippen LogP contribution in [0.5, 0.6) is 0 Å². The van der Waals surface area contributed by atoms with Crippen LogP contribution < -0.4 is 10.9 Å². The van der Waals surface area contributed by atoms with Crippen molar-refractivity contribution in [3.05, 3.63) is 48.6 Å². The summed E-state index contributed by atoms with van der Waals surface area (Å²) in [5, 5.41) is 0. The standard InChI is InChI=1S/C43H83N3O2/c1-5-7-9-11-13-15-17-19-21-23-25-27-29-31-33-35-39-47-42-43(41-45-44-37-38-46(3)4)48-40-36-34-32-30-28-26-24-22-20-18-16-14-12-10-8-6-2/h13-16,19-22,43-45H,5-12,17-18,23-42H2,1-4H3/b15-13-,16-14-,21-19-,22-20-. The molecule has 1 atom stereocenters. The van der Waals surface area contributed by atoms with Crippen LogP contribution in [-0.2, 0) is 9.47 Å². The first-order valence-electron chi connectivity index (χ1n) is 20.6. The fourth-order valence-electron chi connectivity index (χ4n) is 5.47. The molecular formula is C43H83N3O2. The van der Waals surface area contributed by atoms with Gasteiger partial charge in [-0.05, 0) is 91.1 Å². The molecule has 0 aliphatic heterocycles. The van der Waals surface area contributed by atoms with Gasteiger partial charge in [0, 0.05) is 32.8 Å². The van der Waals surface area contributed by atoms with Crippen LogP contribution in [0.4, 0.5) is 0 Å². The van der Waals surface area contributed by atoms with E-state index in [1.165, 1.54) is 128 Å². The number of rotatable bonds is 39. The number of hydrogen-bond donors (Lipinski definition) is 2. The lowest BCUT2D eigenvalue weighted by Gasteiger charge is -2.20. The second-order valence-electron chi connectivity index (χ2n) is 13.8. The summed E-state index contributed by atoms with van der Waals surface area (Å²) in [4.78, 5) is 2.18. The maximum absolute atomic E-state index is 6.26. The zero-order valence-electron chi connectivity index (χ0n) is 32.7. The third-order valence-electron chi connectivity index (χ3n) is 8.63. The molecule has 0 saturated heterocycles. The van der Waals surface area contributed by atoms with Crippen molar-refractivity contribution in [2.24, 2.45) is 0 Å². The van der Waals surface area contributed by atoms with Crippen LogP contribution in [0.25, 0.3) is 0 Å². The molecule has 0 saturated carbocycles. The fraction of sp³-hybridized carbons (Fsp3) is 0.814. The van der Waals surface area contributed by atoms with Crippen LogP contribution in [0.2, 0.25) is 0 Å². The monoisotopic (exact) mass is 674 g/mol. The van der Waals surface area contributed by atoms with Gasteiger partial charge in [-0.3, -0.25) is 10.9 Å². The molecule has 0 aliphatic rings. The van der Waals surface area contributed by atoms with E-state index in [-0.39, 0.29) is 6.10 Å². The smallest absolute Gasteiger partial charge is 0.0946 e. The predicted molar refractivity (Wildman–Crippen MR) is 214 cm³/mol. The van der Waals surface area contributed by atoms with E-state index in [2.05, 4.69) is 92.3 Å². The molecule has 0 aromatic heterocycles. The molecule has 0 amide bonds. The van der Waals surface area contributed by atoms with Gasteiger partial charge in [0.2, 0.25) is 0 Å². The van der Waals surface area contributed by atoms with Crippen molar-refractivity contribution in [2.75, 3.05) is 53.6 Å². The van der Waals surface area contributed by atoms with E-state index in [1.807, 2.05) is 0 Å². The number of ether oxygens (including phenoxy) is 2. The molecule has 2 N–H and O–H groups in total. The van der Waals surface area contributed by atoms with E-state index in [1.54, 1.807) is 0 Å². The van der Waals surface area contributed by atoms with Crippen molar-refractivity contribution in [3.63, 3.8) is 0 Å². The molecule has 0 radical (unpaired) electrons. The van der Waals surface area contributed by atoms with Crippen molar-refractivity contribution < 1.29 is 9.47 Å². The lowest BCUT2D eigenvalue weighted by molar-refractivity contribution is -0.0190. The Balaban J connectivity index is 3.84. The van der Waals surface area contributed by atoms with Gasteiger partial charge in [0.25, 0.3) is 0 Å². The number of hydrazine groups is 1. The van der Waals surface area contributed by atoms with Gasteiger partial charge in [-0.2, -0.15) is 0 Å². The summed E-state index contributed by atoms with van der Waals surface area (Å²) in [6.07, 6.45) is 49.4. The molecule has 282 valence electrons. The molecule has 0 aromatic carbocycles. The largest absolute Gasteiger partial charge is 0.379 e. The Morgan fingerprint density at radius 2 is 0.938 bits per heavy atom. The molecular weight excluding hydrogens is 590 g/mol. The summed E-state index contributed by atoms with van der Waals surface area (Å²) in [6, 6.07) is 0. The molecule has 5 heteroatoms. The first-order valence-corrected chi connectivity index (χ1v) is 20.6. The van der Waals surface area contributed by atoms with E-state index >= 15 is 0 Å². The highest BCUT2D eigenvalue weighted by molar-refractivity contribution is 4.93. The Kier molecular flexibility index (Phi) is 40.8. The minimum Gasteiger partial charge on any atom is -0.379 e. The van der Waals surface area contributed by atoms with Gasteiger partial charge in [-0.25, -0.2) is 0 Å². The quantitative estimate of drug-likeness (QED) is 0.0386. The lowest BCUT2D eigenvalue weighted by atomic mass is 10.1. The topological polar surface area (TPSA) is 45.8 Å². The van der Waals surface area contributed by atoms with Crippen LogP contribution in [-0.4, -0.2) is 64.6 Å². The Morgan fingerprint density at radius 3 is 1.42 bits per heavy atom. The maximum Gasteiger partial charge on any atom is 0.0946 e. The zero-order chi connectivity index (χ0) is 34.9. The lowest BCUT2D eigenvalue weighted by Crippen LogP contribution is -2.43. The molecule has 1 unspecified atom stereocenters. The molecule has 0 aliphatic carbocycles. The molecule has 0 heterocycles. The van der Waals surface area contributed by atoms with Crippen molar-refractivity contribution in [1.29, 1.82) is 0 Å². The summed E-state index contributed by atoms with van der Waals surface area (Å²) in [5.41, 5.74) is 6.68. The van der Waals surface area contributed by atoms with E-state index in [9.17, 15) is 0 Å². The Hall–Kier alpha value is -1.24. The summed E-state index contributed by atoms with van der Waals surface area (Å²) in [7, 11) is 4.20. The van der Waals surface area contributed by atoms with Crippen LogP contribution in [0.15, 0.2) is 48.6 Å². The highest BCUT2D eigenvalue weighted by Gasteiger charge is 2.09. The fourth-order valence-corrected chi connectivity index (χ4v) is 5.47. The van der Waals surface area contributed by atoms with Gasteiger partial charge < -0.3 is 14.4 Å². The Bertz CT molecular complexity index is 719. The predicted octanol–water partition coefficient (Wildman–Crippen LogP) is 11.7. The van der Waals surface area contributed by atoms with Gasteiger partial charge in [-0.15, -0.1) is 0 Å². The van der Waals surface area contributed by atoms with Crippen molar-refractivity contribution in [1.82, 2.24) is 15.8 Å². The molecule has 5 nitrogen and oxygen atoms in total. The number of unbranched alkanes of at least 4 members (excludes halogenated alkanes) is 18. The maximum atomic E-state index is 6.26. The SMILES string of the molecule is CCCCC/C=C\C/C=C\CCCCCCCCOCC(CNNCCN(C)C)OCCCCCCCC/C=C\C/C=C\CCCCC. The number of likely N-dealkylation sites (N-methyl/N-ethyl adjacent to an activating group) is 1. The molecule has 0 spiro atoms. The zero-order valence-corrected chi connectivity index (χ0v) is 32.7. The van der Waals surface area contributed by atoms with E-state index < -0.39 is 0 Å².